The number of hydrogen-bond acceptors (Lipinski definition) is 3. The third-order valence-corrected chi connectivity index (χ3v) is 6.43. The molecule has 30 heavy (non-hydrogen) atoms. The predicted molar refractivity (Wildman–Crippen MR) is 124 cm³/mol. The van der Waals surface area contributed by atoms with E-state index in [0.717, 1.165) is 38.2 Å². The van der Waals surface area contributed by atoms with E-state index < -0.39 is 0 Å². The summed E-state index contributed by atoms with van der Waals surface area (Å²) in [5.41, 5.74) is 4.81. The monoisotopic (exact) mass is 405 g/mol. The van der Waals surface area contributed by atoms with Crippen molar-refractivity contribution in [3.63, 3.8) is 0 Å². The summed E-state index contributed by atoms with van der Waals surface area (Å²) in [5.74, 6) is 0.0423. The van der Waals surface area contributed by atoms with Crippen LogP contribution in [0.4, 0.5) is 5.69 Å². The van der Waals surface area contributed by atoms with E-state index in [0.29, 0.717) is 0 Å². The van der Waals surface area contributed by atoms with Gasteiger partial charge in [-0.05, 0) is 81.1 Å². The van der Waals surface area contributed by atoms with Crippen LogP contribution in [0.25, 0.3) is 0 Å². The van der Waals surface area contributed by atoms with Crippen LogP contribution in [0.15, 0.2) is 48.5 Å². The highest BCUT2D eigenvalue weighted by Crippen LogP contribution is 2.28. The van der Waals surface area contributed by atoms with Crippen molar-refractivity contribution in [1.82, 2.24) is 10.2 Å². The van der Waals surface area contributed by atoms with Crippen LogP contribution in [0.2, 0.25) is 0 Å². The van der Waals surface area contributed by atoms with Crippen LogP contribution in [0.5, 0.6) is 0 Å². The summed E-state index contributed by atoms with van der Waals surface area (Å²) >= 11 is 0. The van der Waals surface area contributed by atoms with E-state index in [1.165, 1.54) is 68.4 Å². The Balaban J connectivity index is 1.24. The van der Waals surface area contributed by atoms with Crippen LogP contribution in [-0.2, 0) is 13.0 Å². The van der Waals surface area contributed by atoms with Crippen LogP contribution in [-0.4, -0.2) is 43.5 Å². The van der Waals surface area contributed by atoms with Crippen molar-refractivity contribution in [1.29, 1.82) is 0 Å². The molecule has 2 aromatic rings. The minimum absolute atomic E-state index is 0.0423. The molecule has 0 aliphatic carbocycles. The molecule has 0 radical (unpaired) electrons. The first-order chi connectivity index (χ1) is 14.8. The summed E-state index contributed by atoms with van der Waals surface area (Å²) in [6.07, 6.45) is 8.78. The summed E-state index contributed by atoms with van der Waals surface area (Å²) < 4.78 is 0. The van der Waals surface area contributed by atoms with E-state index in [2.05, 4.69) is 51.5 Å². The normalized spacial score (nSPS) is 17.3. The lowest BCUT2D eigenvalue weighted by molar-refractivity contribution is 0.0951. The van der Waals surface area contributed by atoms with Crippen LogP contribution < -0.4 is 10.2 Å². The zero-order chi connectivity index (χ0) is 20.6. The van der Waals surface area contributed by atoms with Gasteiger partial charge in [0, 0.05) is 30.9 Å². The first-order valence-electron chi connectivity index (χ1n) is 11.7. The number of likely N-dealkylation sites (tertiary alicyclic amines) is 1. The molecule has 1 amide bonds. The second-order valence-corrected chi connectivity index (χ2v) is 8.72. The number of benzene rings is 2. The Hall–Kier alpha value is -2.33. The average Bonchev–Trinajstić information content (AvgIpc) is 3.06. The largest absolute Gasteiger partial charge is 0.367 e. The number of para-hydroxylation sites is 1. The Labute approximate surface area is 181 Å². The van der Waals surface area contributed by atoms with Gasteiger partial charge in [-0.3, -0.25) is 4.79 Å². The molecule has 0 unspecified atom stereocenters. The van der Waals surface area contributed by atoms with Gasteiger partial charge in [0.1, 0.15) is 0 Å². The molecule has 0 atom stereocenters. The zero-order valence-corrected chi connectivity index (χ0v) is 18.1. The Morgan fingerprint density at radius 2 is 1.63 bits per heavy atom. The molecule has 160 valence electrons. The smallest absolute Gasteiger partial charge is 0.251 e. The van der Waals surface area contributed by atoms with Gasteiger partial charge in [-0.2, -0.15) is 0 Å². The number of nitrogens with one attached hydrogen (secondary N) is 1. The second-order valence-electron chi connectivity index (χ2n) is 8.72. The molecule has 1 saturated heterocycles. The highest BCUT2D eigenvalue weighted by molar-refractivity contribution is 5.94. The lowest BCUT2D eigenvalue weighted by Gasteiger charge is -2.31. The Kier molecular flexibility index (Phi) is 7.41. The number of nitrogens with zero attached hydrogens (tertiary/aromatic N) is 2. The summed E-state index contributed by atoms with van der Waals surface area (Å²) in [6, 6.07) is 16.8. The van der Waals surface area contributed by atoms with Gasteiger partial charge in [0.05, 0.1) is 0 Å². The summed E-state index contributed by atoms with van der Waals surface area (Å²) in [7, 11) is 0. The van der Waals surface area contributed by atoms with E-state index in [1.54, 1.807) is 0 Å². The highest BCUT2D eigenvalue weighted by Gasteiger charge is 2.16. The van der Waals surface area contributed by atoms with Crippen molar-refractivity contribution >= 4 is 11.6 Å². The number of carbonyl (C=O) groups excluding carboxylic acids is 1. The van der Waals surface area contributed by atoms with E-state index in [-0.39, 0.29) is 5.91 Å². The fourth-order valence-corrected chi connectivity index (χ4v) is 4.72. The number of carbonyl (C=O) groups is 1. The van der Waals surface area contributed by atoms with Crippen LogP contribution in [0, 0.1) is 0 Å². The van der Waals surface area contributed by atoms with Crippen molar-refractivity contribution in [2.45, 2.75) is 51.5 Å². The van der Waals surface area contributed by atoms with Crippen LogP contribution in [0.3, 0.4) is 0 Å². The predicted octanol–water partition coefficient (Wildman–Crippen LogP) is 4.64. The maximum atomic E-state index is 12.5. The maximum absolute atomic E-state index is 12.5. The van der Waals surface area contributed by atoms with Gasteiger partial charge in [-0.15, -0.1) is 0 Å². The number of amides is 1. The molecule has 2 heterocycles. The molecule has 0 aromatic heterocycles. The average molecular weight is 406 g/mol. The van der Waals surface area contributed by atoms with E-state index in [4.69, 9.17) is 0 Å². The van der Waals surface area contributed by atoms with Crippen molar-refractivity contribution in [2.75, 3.05) is 37.6 Å². The topological polar surface area (TPSA) is 35.6 Å². The quantitative estimate of drug-likeness (QED) is 0.682. The summed E-state index contributed by atoms with van der Waals surface area (Å²) in [4.78, 5) is 17.5. The molecule has 1 fully saturated rings. The second kappa shape index (κ2) is 10.6. The van der Waals surface area contributed by atoms with Gasteiger partial charge in [0.2, 0.25) is 0 Å². The molecule has 2 aliphatic rings. The molecule has 0 spiro atoms. The lowest BCUT2D eigenvalue weighted by atomic mass is 10.0. The molecule has 1 N–H and O–H groups in total. The first-order valence-corrected chi connectivity index (χ1v) is 11.7. The van der Waals surface area contributed by atoms with E-state index >= 15 is 0 Å². The third-order valence-electron chi connectivity index (χ3n) is 6.43. The summed E-state index contributed by atoms with van der Waals surface area (Å²) in [6.45, 7) is 6.27. The fraction of sp³-hybridized carbons (Fsp3) is 0.500. The van der Waals surface area contributed by atoms with Gasteiger partial charge >= 0.3 is 0 Å². The molecule has 2 aliphatic heterocycles. The van der Waals surface area contributed by atoms with E-state index in [9.17, 15) is 4.79 Å². The number of anilines is 1. The molecular formula is C26H35N3O. The SMILES string of the molecule is O=C(NCCCN1CCCCCC1)c1ccc(CN2CCCc3ccccc32)cc1. The van der Waals surface area contributed by atoms with Gasteiger partial charge in [-0.1, -0.05) is 43.2 Å². The molecule has 4 rings (SSSR count). The van der Waals surface area contributed by atoms with Gasteiger partial charge < -0.3 is 15.1 Å². The number of rotatable bonds is 7. The summed E-state index contributed by atoms with van der Waals surface area (Å²) in [5, 5.41) is 3.09. The minimum Gasteiger partial charge on any atom is -0.367 e. The lowest BCUT2D eigenvalue weighted by Crippen LogP contribution is -2.30. The standard InChI is InChI=1S/C26H35N3O/c30-26(27-16-8-19-28-17-5-1-2-6-18-28)24-14-12-22(13-15-24)21-29-20-7-10-23-9-3-4-11-25(23)29/h3-4,9,11-15H,1-2,5-8,10,16-21H2,(H,27,30). The number of aryl methyl sites for hydroxylation is 1. The maximum Gasteiger partial charge on any atom is 0.251 e. The van der Waals surface area contributed by atoms with Crippen molar-refractivity contribution in [3.05, 3.63) is 65.2 Å². The molecule has 0 bridgehead atoms. The van der Waals surface area contributed by atoms with Crippen molar-refractivity contribution < 1.29 is 4.79 Å². The Bertz CT molecular complexity index is 809. The highest BCUT2D eigenvalue weighted by atomic mass is 16.1. The van der Waals surface area contributed by atoms with Gasteiger partial charge in [0.15, 0.2) is 0 Å². The van der Waals surface area contributed by atoms with Gasteiger partial charge in [-0.25, -0.2) is 0 Å². The first kappa shape index (κ1) is 20.9. The van der Waals surface area contributed by atoms with Crippen LogP contribution in [0.1, 0.15) is 60.0 Å². The molecule has 4 heteroatoms. The molecule has 0 saturated carbocycles. The van der Waals surface area contributed by atoms with Crippen LogP contribution >= 0.6 is 0 Å². The number of fused-ring (bicyclic) bond motifs is 1. The van der Waals surface area contributed by atoms with E-state index in [1.807, 2.05) is 12.1 Å². The fourth-order valence-electron chi connectivity index (χ4n) is 4.72. The minimum atomic E-state index is 0.0423. The number of hydrogen-bond donors (Lipinski definition) is 1. The molecular weight excluding hydrogens is 370 g/mol. The third kappa shape index (κ3) is 5.63. The Morgan fingerprint density at radius 3 is 2.43 bits per heavy atom. The van der Waals surface area contributed by atoms with Gasteiger partial charge in [0.25, 0.3) is 5.91 Å². The molecule has 4 nitrogen and oxygen atoms in total. The molecule has 2 aromatic carbocycles. The Morgan fingerprint density at radius 1 is 0.867 bits per heavy atom. The van der Waals surface area contributed by atoms with Crippen molar-refractivity contribution in [2.24, 2.45) is 0 Å². The zero-order valence-electron chi connectivity index (χ0n) is 18.1. The van der Waals surface area contributed by atoms with Crippen molar-refractivity contribution in [3.8, 4) is 0 Å².